The van der Waals surface area contributed by atoms with E-state index in [0.29, 0.717) is 17.9 Å². The van der Waals surface area contributed by atoms with Gasteiger partial charge in [0.2, 0.25) is 6.41 Å². The van der Waals surface area contributed by atoms with E-state index in [2.05, 4.69) is 23.5 Å². The lowest BCUT2D eigenvalue weighted by atomic mass is 10.2. The topological polar surface area (TPSA) is 42.0 Å². The molecule has 0 saturated carbocycles. The Morgan fingerprint density at radius 1 is 1.31 bits per heavy atom. The summed E-state index contributed by atoms with van der Waals surface area (Å²) in [6.07, 6.45) is 3.89. The molecule has 13 heavy (non-hydrogen) atoms. The van der Waals surface area contributed by atoms with Gasteiger partial charge in [0.1, 0.15) is 5.82 Å². The van der Waals surface area contributed by atoms with Crippen LogP contribution >= 0.6 is 0 Å². The number of carbonyl (C=O) groups is 1. The van der Waals surface area contributed by atoms with E-state index in [4.69, 9.17) is 0 Å². The van der Waals surface area contributed by atoms with Crippen LogP contribution in [0.2, 0.25) is 0 Å². The first-order valence-corrected chi connectivity index (χ1v) is 3.78. The molecule has 1 aromatic heterocycles. The maximum absolute atomic E-state index is 10.1. The highest BCUT2D eigenvalue weighted by molar-refractivity contribution is 5.71. The van der Waals surface area contributed by atoms with Crippen LogP contribution in [0, 0.1) is 0 Å². The van der Waals surface area contributed by atoms with Gasteiger partial charge in [-0.25, -0.2) is 4.98 Å². The van der Waals surface area contributed by atoms with Gasteiger partial charge >= 0.3 is 0 Å². The molecular weight excluding hydrogens is 164 g/mol. The number of rotatable bonds is 4. The van der Waals surface area contributed by atoms with E-state index in [1.807, 2.05) is 6.07 Å². The third-order valence-electron chi connectivity index (χ3n) is 1.58. The van der Waals surface area contributed by atoms with Crippen LogP contribution in [0.15, 0.2) is 25.3 Å². The van der Waals surface area contributed by atoms with Gasteiger partial charge in [-0.15, -0.1) is 0 Å². The molecule has 1 heterocycles. The van der Waals surface area contributed by atoms with Crippen molar-refractivity contribution in [2.45, 2.75) is 0 Å². The number of carbonyl (C=O) groups excluding carboxylic acids is 1. The van der Waals surface area contributed by atoms with Crippen LogP contribution in [0.1, 0.15) is 11.3 Å². The van der Waals surface area contributed by atoms with Crippen LogP contribution in [0.25, 0.3) is 12.2 Å². The monoisotopic (exact) mass is 174 g/mol. The number of hydrogen-bond donors (Lipinski definition) is 1. The summed E-state index contributed by atoms with van der Waals surface area (Å²) in [7, 11) is 0. The number of hydrogen-bond acceptors (Lipinski definition) is 2. The maximum Gasteiger partial charge on any atom is 0.212 e. The van der Waals surface area contributed by atoms with E-state index in [0.717, 1.165) is 5.56 Å². The van der Waals surface area contributed by atoms with Gasteiger partial charge in [-0.2, -0.15) is 0 Å². The molecule has 1 aromatic rings. The molecule has 0 saturated heterocycles. The van der Waals surface area contributed by atoms with Crippen LogP contribution in [0.5, 0.6) is 0 Å². The van der Waals surface area contributed by atoms with Gasteiger partial charge in [0.15, 0.2) is 0 Å². The number of nitrogens with zero attached hydrogens (tertiary/aromatic N) is 1. The quantitative estimate of drug-likeness (QED) is 0.709. The lowest BCUT2D eigenvalue weighted by molar-refractivity contribution is -0.105. The molecule has 0 unspecified atom stereocenters. The minimum atomic E-state index is 0.510. The Bertz CT molecular complexity index is 345. The molecular formula is C10H10N2O. The van der Waals surface area contributed by atoms with E-state index in [-0.39, 0.29) is 0 Å². The molecule has 0 aliphatic rings. The van der Waals surface area contributed by atoms with Crippen molar-refractivity contribution in [3.63, 3.8) is 0 Å². The largest absolute Gasteiger partial charge is 0.313 e. The predicted octanol–water partition coefficient (Wildman–Crippen LogP) is 1.94. The van der Waals surface area contributed by atoms with E-state index in [9.17, 15) is 4.79 Å². The standard InChI is InChI=1S/C10H10N2O/c1-3-8-5-6-10(11-7-13)12-9(8)4-2/h3-7H,1-2H2,(H,11,12,13). The second-order valence-electron chi connectivity index (χ2n) is 2.34. The summed E-state index contributed by atoms with van der Waals surface area (Å²) in [4.78, 5) is 14.3. The molecule has 0 fully saturated rings. The van der Waals surface area contributed by atoms with Crippen LogP contribution in [0.4, 0.5) is 5.82 Å². The first-order valence-electron chi connectivity index (χ1n) is 3.78. The molecule has 66 valence electrons. The SMILES string of the molecule is C=Cc1ccc(NC=O)nc1C=C. The Labute approximate surface area is 76.8 Å². The zero-order chi connectivity index (χ0) is 9.68. The zero-order valence-electron chi connectivity index (χ0n) is 7.16. The summed E-state index contributed by atoms with van der Waals surface area (Å²) in [6.45, 7) is 7.25. The molecule has 0 aromatic carbocycles. The molecule has 0 spiro atoms. The van der Waals surface area contributed by atoms with Crippen molar-refractivity contribution >= 4 is 24.4 Å². The number of aromatic nitrogens is 1. The first kappa shape index (κ1) is 9.19. The number of nitrogens with one attached hydrogen (secondary N) is 1. The van der Waals surface area contributed by atoms with Gasteiger partial charge in [0.05, 0.1) is 5.69 Å². The molecule has 1 amide bonds. The zero-order valence-corrected chi connectivity index (χ0v) is 7.16. The molecule has 1 N–H and O–H groups in total. The molecule has 0 aliphatic heterocycles. The Morgan fingerprint density at radius 2 is 2.08 bits per heavy atom. The Balaban J connectivity index is 3.11. The summed E-state index contributed by atoms with van der Waals surface area (Å²) in [5.41, 5.74) is 1.60. The molecule has 1 rings (SSSR count). The Hall–Kier alpha value is -1.90. The highest BCUT2D eigenvalue weighted by Crippen LogP contribution is 2.12. The number of amides is 1. The molecule has 3 heteroatoms. The fourth-order valence-electron chi connectivity index (χ4n) is 0.963. The van der Waals surface area contributed by atoms with E-state index in [1.165, 1.54) is 0 Å². The van der Waals surface area contributed by atoms with Crippen LogP contribution in [-0.2, 0) is 4.79 Å². The third-order valence-corrected chi connectivity index (χ3v) is 1.58. The smallest absolute Gasteiger partial charge is 0.212 e. The summed E-state index contributed by atoms with van der Waals surface area (Å²) in [5.74, 6) is 0.510. The van der Waals surface area contributed by atoms with E-state index >= 15 is 0 Å². The Kier molecular flexibility index (Phi) is 2.97. The minimum Gasteiger partial charge on any atom is -0.313 e. The fraction of sp³-hybridized carbons (Fsp3) is 0. The highest BCUT2D eigenvalue weighted by Gasteiger charge is 1.98. The summed E-state index contributed by atoms with van der Waals surface area (Å²) < 4.78 is 0. The first-order chi connectivity index (χ1) is 6.31. The minimum absolute atomic E-state index is 0.510. The summed E-state index contributed by atoms with van der Waals surface area (Å²) in [6, 6.07) is 3.53. The average molecular weight is 174 g/mol. The summed E-state index contributed by atoms with van der Waals surface area (Å²) in [5, 5.41) is 2.46. The van der Waals surface area contributed by atoms with Crippen LogP contribution in [0.3, 0.4) is 0 Å². The normalized spacial score (nSPS) is 8.92. The lowest BCUT2D eigenvalue weighted by Crippen LogP contribution is -1.98. The summed E-state index contributed by atoms with van der Waals surface area (Å²) >= 11 is 0. The van der Waals surface area contributed by atoms with Crippen LogP contribution in [-0.4, -0.2) is 11.4 Å². The molecule has 0 aliphatic carbocycles. The van der Waals surface area contributed by atoms with Crippen molar-refractivity contribution < 1.29 is 4.79 Å². The maximum atomic E-state index is 10.1. The Morgan fingerprint density at radius 3 is 2.62 bits per heavy atom. The average Bonchev–Trinajstić information content (AvgIpc) is 2.18. The molecule has 0 atom stereocenters. The van der Waals surface area contributed by atoms with Crippen LogP contribution < -0.4 is 5.32 Å². The number of pyridine rings is 1. The van der Waals surface area contributed by atoms with Gasteiger partial charge < -0.3 is 5.32 Å². The van der Waals surface area contributed by atoms with E-state index in [1.54, 1.807) is 18.2 Å². The molecule has 0 bridgehead atoms. The predicted molar refractivity (Wildman–Crippen MR) is 54.1 cm³/mol. The number of anilines is 1. The second-order valence-corrected chi connectivity index (χ2v) is 2.34. The van der Waals surface area contributed by atoms with Gasteiger partial charge in [-0.3, -0.25) is 4.79 Å². The van der Waals surface area contributed by atoms with Gasteiger partial charge in [-0.05, 0) is 23.8 Å². The van der Waals surface area contributed by atoms with Crippen molar-refractivity contribution in [3.05, 3.63) is 36.5 Å². The van der Waals surface area contributed by atoms with Crippen molar-refractivity contribution in [1.29, 1.82) is 0 Å². The highest BCUT2D eigenvalue weighted by atomic mass is 16.1. The lowest BCUT2D eigenvalue weighted by Gasteiger charge is -2.02. The second kappa shape index (κ2) is 4.21. The molecule has 3 nitrogen and oxygen atoms in total. The molecule has 0 radical (unpaired) electrons. The van der Waals surface area contributed by atoms with Crippen molar-refractivity contribution in [2.75, 3.05) is 5.32 Å². The van der Waals surface area contributed by atoms with Gasteiger partial charge in [0, 0.05) is 0 Å². The van der Waals surface area contributed by atoms with Crippen molar-refractivity contribution in [2.24, 2.45) is 0 Å². The van der Waals surface area contributed by atoms with Crippen molar-refractivity contribution in [3.8, 4) is 0 Å². The van der Waals surface area contributed by atoms with Gasteiger partial charge in [0.25, 0.3) is 0 Å². The van der Waals surface area contributed by atoms with Crippen molar-refractivity contribution in [1.82, 2.24) is 4.98 Å². The third kappa shape index (κ3) is 2.02. The van der Waals surface area contributed by atoms with Gasteiger partial charge in [-0.1, -0.05) is 19.2 Å². The fourth-order valence-corrected chi connectivity index (χ4v) is 0.963. The van der Waals surface area contributed by atoms with E-state index < -0.39 is 0 Å².